The van der Waals surface area contributed by atoms with E-state index in [2.05, 4.69) is 15.6 Å². The first kappa shape index (κ1) is 15.0. The van der Waals surface area contributed by atoms with Crippen molar-refractivity contribution in [3.8, 4) is 0 Å². The molecule has 6 heteroatoms. The Hall–Kier alpha value is -1.43. The van der Waals surface area contributed by atoms with Crippen molar-refractivity contribution in [1.82, 2.24) is 15.6 Å². The van der Waals surface area contributed by atoms with Crippen molar-refractivity contribution in [3.63, 3.8) is 0 Å². The molecule has 20 heavy (non-hydrogen) atoms. The quantitative estimate of drug-likeness (QED) is 0.908. The van der Waals surface area contributed by atoms with Crippen molar-refractivity contribution in [2.45, 2.75) is 6.04 Å². The van der Waals surface area contributed by atoms with Gasteiger partial charge in [-0.2, -0.15) is 0 Å². The van der Waals surface area contributed by atoms with Gasteiger partial charge in [0.1, 0.15) is 11.0 Å². The van der Waals surface area contributed by atoms with Gasteiger partial charge in [0.2, 0.25) is 5.91 Å². The lowest BCUT2D eigenvalue weighted by molar-refractivity contribution is -0.126. The summed E-state index contributed by atoms with van der Waals surface area (Å²) in [5.74, 6) is 0.189. The third kappa shape index (κ3) is 3.17. The number of hydrogen-bond acceptors (Lipinski definition) is 4. The number of aromatic nitrogens is 1. The summed E-state index contributed by atoms with van der Waals surface area (Å²) in [4.78, 5) is 16.5. The number of carbonyl (C=O) groups is 1. The first-order chi connectivity index (χ1) is 9.34. The average Bonchev–Trinajstić information content (AvgIpc) is 2.88. The maximum atomic E-state index is 12.1. The summed E-state index contributed by atoms with van der Waals surface area (Å²) in [5, 5.41) is 9.08. The second-order valence-corrected chi connectivity index (χ2v) is 5.50. The van der Waals surface area contributed by atoms with E-state index in [1.165, 1.54) is 0 Å². The summed E-state index contributed by atoms with van der Waals surface area (Å²) in [6.07, 6.45) is 1.77. The molecule has 1 atom stereocenters. The van der Waals surface area contributed by atoms with E-state index >= 15 is 0 Å². The first-order valence-electron chi connectivity index (χ1n) is 6.30. The van der Waals surface area contributed by atoms with Gasteiger partial charge < -0.3 is 10.6 Å². The summed E-state index contributed by atoms with van der Waals surface area (Å²) < 4.78 is 0. The highest BCUT2D eigenvalue weighted by atomic mass is 35.5. The summed E-state index contributed by atoms with van der Waals surface area (Å²) in [6, 6.07) is 9.82. The number of amides is 1. The standard InChI is InChI=1S/C14H15N3OS.ClH/c18-13(11-8-15-9-11)17-12(14-16-6-7-19-14)10-4-2-1-3-5-10;/h1-7,11-12,15H,8-9H2,(H,17,18);1H. The third-order valence-electron chi connectivity index (χ3n) is 3.27. The Kier molecular flexibility index (Phi) is 5.11. The maximum Gasteiger partial charge on any atom is 0.226 e. The molecule has 1 aromatic carbocycles. The number of carbonyl (C=O) groups excluding carboxylic acids is 1. The molecule has 0 spiro atoms. The van der Waals surface area contributed by atoms with E-state index in [-0.39, 0.29) is 30.3 Å². The molecular weight excluding hydrogens is 294 g/mol. The summed E-state index contributed by atoms with van der Waals surface area (Å²) in [6.45, 7) is 1.54. The molecule has 1 aliphatic rings. The maximum absolute atomic E-state index is 12.1. The van der Waals surface area contributed by atoms with Crippen LogP contribution in [0.4, 0.5) is 0 Å². The molecule has 2 N–H and O–H groups in total. The fourth-order valence-electron chi connectivity index (χ4n) is 2.04. The molecular formula is C14H16ClN3OS. The molecule has 3 rings (SSSR count). The molecule has 0 saturated carbocycles. The SMILES string of the molecule is Cl.O=C(NC(c1ccccc1)c1nccs1)C1CNC1. The van der Waals surface area contributed by atoms with E-state index in [1.807, 2.05) is 35.7 Å². The molecule has 1 saturated heterocycles. The van der Waals surface area contributed by atoms with E-state index in [9.17, 15) is 4.79 Å². The fourth-order valence-corrected chi connectivity index (χ4v) is 2.76. The molecule has 1 amide bonds. The average molecular weight is 310 g/mol. The fraction of sp³-hybridized carbons (Fsp3) is 0.286. The van der Waals surface area contributed by atoms with Gasteiger partial charge >= 0.3 is 0 Å². The summed E-state index contributed by atoms with van der Waals surface area (Å²) >= 11 is 1.56. The summed E-state index contributed by atoms with van der Waals surface area (Å²) in [7, 11) is 0. The van der Waals surface area contributed by atoms with Gasteiger partial charge in [0.25, 0.3) is 0 Å². The monoisotopic (exact) mass is 309 g/mol. The van der Waals surface area contributed by atoms with Crippen molar-refractivity contribution >= 4 is 29.7 Å². The lowest BCUT2D eigenvalue weighted by Crippen LogP contribution is -2.51. The molecule has 1 unspecified atom stereocenters. The van der Waals surface area contributed by atoms with Gasteiger partial charge in [0.15, 0.2) is 0 Å². The number of hydrogen-bond donors (Lipinski definition) is 2. The predicted octanol–water partition coefficient (Wildman–Crippen LogP) is 1.99. The molecule has 2 aromatic rings. The van der Waals surface area contributed by atoms with Crippen molar-refractivity contribution in [2.24, 2.45) is 5.92 Å². The molecule has 0 bridgehead atoms. The Morgan fingerprint density at radius 2 is 2.10 bits per heavy atom. The van der Waals surface area contributed by atoms with Crippen LogP contribution in [0.2, 0.25) is 0 Å². The molecule has 4 nitrogen and oxygen atoms in total. The molecule has 2 heterocycles. The number of nitrogens with one attached hydrogen (secondary N) is 2. The molecule has 1 aromatic heterocycles. The highest BCUT2D eigenvalue weighted by Gasteiger charge is 2.28. The molecule has 0 aliphatic carbocycles. The van der Waals surface area contributed by atoms with Gasteiger partial charge in [-0.3, -0.25) is 4.79 Å². The third-order valence-corrected chi connectivity index (χ3v) is 4.11. The lowest BCUT2D eigenvalue weighted by Gasteiger charge is -2.28. The van der Waals surface area contributed by atoms with E-state index < -0.39 is 0 Å². The zero-order chi connectivity index (χ0) is 13.1. The van der Waals surface area contributed by atoms with Gasteiger partial charge in [0.05, 0.1) is 5.92 Å². The van der Waals surface area contributed by atoms with Crippen LogP contribution in [0, 0.1) is 5.92 Å². The van der Waals surface area contributed by atoms with Crippen LogP contribution in [0.3, 0.4) is 0 Å². The number of nitrogens with zero attached hydrogens (tertiary/aromatic N) is 1. The van der Waals surface area contributed by atoms with Crippen LogP contribution in [-0.4, -0.2) is 24.0 Å². The normalized spacial score (nSPS) is 15.8. The highest BCUT2D eigenvalue weighted by Crippen LogP contribution is 2.24. The smallest absolute Gasteiger partial charge is 0.226 e. The van der Waals surface area contributed by atoms with Crippen molar-refractivity contribution < 1.29 is 4.79 Å². The summed E-state index contributed by atoms with van der Waals surface area (Å²) in [5.41, 5.74) is 1.07. The Labute approximate surface area is 128 Å². The lowest BCUT2D eigenvalue weighted by atomic mass is 10.0. The number of benzene rings is 1. The van der Waals surface area contributed by atoms with Gasteiger partial charge in [-0.1, -0.05) is 30.3 Å². The van der Waals surface area contributed by atoms with Crippen LogP contribution in [0.1, 0.15) is 16.6 Å². The largest absolute Gasteiger partial charge is 0.342 e. The highest BCUT2D eigenvalue weighted by molar-refractivity contribution is 7.09. The van der Waals surface area contributed by atoms with Crippen LogP contribution in [0.25, 0.3) is 0 Å². The Morgan fingerprint density at radius 3 is 2.65 bits per heavy atom. The van der Waals surface area contributed by atoms with E-state index in [0.29, 0.717) is 0 Å². The van der Waals surface area contributed by atoms with Crippen LogP contribution < -0.4 is 10.6 Å². The van der Waals surface area contributed by atoms with Gasteiger partial charge in [-0.15, -0.1) is 23.7 Å². The minimum Gasteiger partial charge on any atom is -0.342 e. The molecule has 106 valence electrons. The molecule has 1 fully saturated rings. The van der Waals surface area contributed by atoms with Gasteiger partial charge in [-0.05, 0) is 5.56 Å². The minimum absolute atomic E-state index is 0. The Morgan fingerprint density at radius 1 is 1.35 bits per heavy atom. The van der Waals surface area contributed by atoms with Crippen LogP contribution >= 0.6 is 23.7 Å². The predicted molar refractivity (Wildman–Crippen MR) is 82.1 cm³/mol. The van der Waals surface area contributed by atoms with E-state index in [0.717, 1.165) is 23.7 Å². The van der Waals surface area contributed by atoms with Gasteiger partial charge in [0, 0.05) is 24.7 Å². The molecule has 0 radical (unpaired) electrons. The minimum atomic E-state index is -0.144. The van der Waals surface area contributed by atoms with Crippen molar-refractivity contribution in [2.75, 3.05) is 13.1 Å². The van der Waals surface area contributed by atoms with E-state index in [4.69, 9.17) is 0 Å². The molecule has 1 aliphatic heterocycles. The van der Waals surface area contributed by atoms with E-state index in [1.54, 1.807) is 17.5 Å². The zero-order valence-corrected chi connectivity index (χ0v) is 12.4. The zero-order valence-electron chi connectivity index (χ0n) is 10.8. The second-order valence-electron chi connectivity index (χ2n) is 4.58. The van der Waals surface area contributed by atoms with Crippen LogP contribution in [-0.2, 0) is 4.79 Å². The van der Waals surface area contributed by atoms with Gasteiger partial charge in [-0.25, -0.2) is 4.98 Å². The van der Waals surface area contributed by atoms with Crippen LogP contribution in [0.15, 0.2) is 41.9 Å². The Bertz CT molecular complexity index is 543. The number of rotatable bonds is 4. The number of halogens is 1. The number of thiazole rings is 1. The van der Waals surface area contributed by atoms with Crippen molar-refractivity contribution in [3.05, 3.63) is 52.5 Å². The Balaban J connectivity index is 0.00000147. The topological polar surface area (TPSA) is 54.0 Å². The second kappa shape index (κ2) is 6.83. The van der Waals surface area contributed by atoms with Crippen molar-refractivity contribution in [1.29, 1.82) is 0 Å². The first-order valence-corrected chi connectivity index (χ1v) is 7.18. The van der Waals surface area contributed by atoms with Crippen LogP contribution in [0.5, 0.6) is 0 Å².